The van der Waals surface area contributed by atoms with Gasteiger partial charge in [0.1, 0.15) is 16.8 Å². The van der Waals surface area contributed by atoms with Gasteiger partial charge in [0.15, 0.2) is 0 Å². The summed E-state index contributed by atoms with van der Waals surface area (Å²) in [6.45, 7) is 0. The third-order valence-electron chi connectivity index (χ3n) is 13.2. The summed E-state index contributed by atoms with van der Waals surface area (Å²) in [5.41, 5.74) is 19.6. The van der Waals surface area contributed by atoms with Crippen LogP contribution < -0.4 is 0 Å². The summed E-state index contributed by atoms with van der Waals surface area (Å²) in [5.74, 6) is 0. The van der Waals surface area contributed by atoms with Gasteiger partial charge in [0.05, 0.1) is 11.0 Å². The Bertz CT molecular complexity index is 3910. The second-order valence-electron chi connectivity index (χ2n) is 17.5. The largest absolute Gasteiger partial charge is 3.00 e. The molecule has 0 aliphatic carbocycles. The first-order chi connectivity index (χ1) is 33.7. The second-order valence-corrected chi connectivity index (χ2v) is 17.5. The Balaban J connectivity index is 0.00000492. The van der Waals surface area contributed by atoms with Gasteiger partial charge in [-0.3, -0.25) is 0 Å². The number of pyridine rings is 4. The van der Waals surface area contributed by atoms with Gasteiger partial charge in [-0.05, 0) is 105 Å². The molecule has 0 unspecified atom stereocenters. The molecular formula is C62H40IrN5O. The predicted octanol–water partition coefficient (Wildman–Crippen LogP) is 14.5. The van der Waals surface area contributed by atoms with Gasteiger partial charge in [0, 0.05) is 46.3 Å². The van der Waals surface area contributed by atoms with Gasteiger partial charge in [-0.2, -0.15) is 0 Å². The normalized spacial score (nSPS) is 11.6. The Morgan fingerprint density at radius 3 is 1.75 bits per heavy atom. The molecule has 0 bridgehead atoms. The minimum Gasteiger partial charge on any atom is -0.456 e. The number of aryl methyl sites for hydroxylation is 4. The van der Waals surface area contributed by atoms with Crippen molar-refractivity contribution in [3.63, 3.8) is 0 Å². The molecule has 6 nitrogen and oxygen atoms in total. The maximum Gasteiger partial charge on any atom is 3.00 e. The number of rotatable bonds is 10. The van der Waals surface area contributed by atoms with Crippen LogP contribution in [0.4, 0.5) is 0 Å². The van der Waals surface area contributed by atoms with Crippen molar-refractivity contribution in [1.82, 2.24) is 24.3 Å². The Kier molecular flexibility index (Phi) is 10.9. The third-order valence-corrected chi connectivity index (χ3v) is 13.2. The Labute approximate surface area is 412 Å². The van der Waals surface area contributed by atoms with Crippen LogP contribution in [0.2, 0.25) is 0 Å². The number of aromatic nitrogens is 5. The molecule has 0 aliphatic heterocycles. The quantitative estimate of drug-likeness (QED) is 0.101. The second kappa shape index (κ2) is 17.9. The van der Waals surface area contributed by atoms with Crippen molar-refractivity contribution in [2.75, 3.05) is 0 Å². The Morgan fingerprint density at radius 2 is 1.09 bits per heavy atom. The van der Waals surface area contributed by atoms with Crippen molar-refractivity contribution in [3.05, 3.63) is 235 Å². The van der Waals surface area contributed by atoms with Crippen molar-refractivity contribution in [1.29, 1.82) is 0 Å². The summed E-state index contributed by atoms with van der Waals surface area (Å²) in [6.07, 6.45) is 9.51. The summed E-state index contributed by atoms with van der Waals surface area (Å²) >= 11 is 0. The monoisotopic (exact) mass is 1060 g/mol. The molecule has 0 radical (unpaired) electrons. The summed E-state index contributed by atoms with van der Waals surface area (Å²) in [6, 6.07) is 71.4. The molecule has 13 aromatic rings. The van der Waals surface area contributed by atoms with Crippen LogP contribution in [-0.4, -0.2) is 24.3 Å². The van der Waals surface area contributed by atoms with Gasteiger partial charge < -0.3 is 23.8 Å². The van der Waals surface area contributed by atoms with E-state index in [2.05, 4.69) is 126 Å². The van der Waals surface area contributed by atoms with E-state index >= 15 is 0 Å². The fourth-order valence-electron chi connectivity index (χ4n) is 9.85. The molecule has 6 heterocycles. The van der Waals surface area contributed by atoms with Crippen LogP contribution in [-0.2, 0) is 45.8 Å². The van der Waals surface area contributed by atoms with Crippen LogP contribution in [0.15, 0.2) is 199 Å². The Hall–Kier alpha value is -8.09. The first-order valence-corrected chi connectivity index (χ1v) is 23.1. The van der Waals surface area contributed by atoms with E-state index < -0.39 is 0 Å². The Morgan fingerprint density at radius 1 is 0.449 bits per heavy atom. The van der Waals surface area contributed by atoms with Gasteiger partial charge in [-0.15, -0.1) is 101 Å². The van der Waals surface area contributed by atoms with E-state index in [4.69, 9.17) is 24.4 Å². The molecule has 7 aromatic carbocycles. The number of benzene rings is 7. The van der Waals surface area contributed by atoms with Gasteiger partial charge in [-0.1, -0.05) is 84.9 Å². The standard InChI is InChI=1S/C62H40N5O.Ir/c1-3-13-44(14-4-1)54-29-27-40(37-63-54)23-25-42-31-43(26-24-41-28-30-55(64-38-41)45-15-5-2-6-16-45)33-46(32-42)48-17-7-8-18-49(48)47-34-53-61(65-39-47)51-20-9-11-21-57(51)67-58-36-60-52(35-56(58)66-62(53)67)50-19-10-12-22-59(50)68-60;/h1-13,15,17-19,21-22,27-39H,23-26H2;/q-3;+3. The zero-order chi connectivity index (χ0) is 45.0. The van der Waals surface area contributed by atoms with E-state index in [1.54, 1.807) is 0 Å². The van der Waals surface area contributed by atoms with Crippen LogP contribution in [0.3, 0.4) is 0 Å². The van der Waals surface area contributed by atoms with Crippen LogP contribution >= 0.6 is 0 Å². The van der Waals surface area contributed by atoms with Crippen LogP contribution in [0.5, 0.6) is 0 Å². The van der Waals surface area contributed by atoms with Crippen LogP contribution in [0.1, 0.15) is 22.3 Å². The number of fused-ring (bicyclic) bond motifs is 11. The fraction of sp³-hybridized carbons (Fsp3) is 0.0645. The van der Waals surface area contributed by atoms with Gasteiger partial charge in [-0.25, -0.2) is 4.98 Å². The molecule has 0 saturated heterocycles. The maximum absolute atomic E-state index is 6.37. The number of imidazole rings is 1. The number of nitrogens with zero attached hydrogens (tertiary/aromatic N) is 5. The molecule has 6 aromatic heterocycles. The van der Waals surface area contributed by atoms with E-state index in [1.165, 1.54) is 27.8 Å². The average molecular weight is 1060 g/mol. The predicted molar refractivity (Wildman–Crippen MR) is 274 cm³/mol. The van der Waals surface area contributed by atoms with Gasteiger partial charge in [0.2, 0.25) is 0 Å². The molecule has 328 valence electrons. The van der Waals surface area contributed by atoms with Crippen molar-refractivity contribution >= 4 is 60.4 Å². The fourth-order valence-corrected chi connectivity index (χ4v) is 9.85. The molecule has 0 saturated carbocycles. The van der Waals surface area contributed by atoms with Gasteiger partial charge in [0.25, 0.3) is 0 Å². The average Bonchev–Trinajstić information content (AvgIpc) is 3.97. The number of para-hydroxylation sites is 1. The number of hydrogen-bond acceptors (Lipinski definition) is 5. The van der Waals surface area contributed by atoms with E-state index in [0.717, 1.165) is 125 Å². The van der Waals surface area contributed by atoms with Crippen molar-refractivity contribution in [3.8, 4) is 44.8 Å². The van der Waals surface area contributed by atoms with Crippen molar-refractivity contribution in [2.45, 2.75) is 25.7 Å². The zero-order valence-corrected chi connectivity index (χ0v) is 39.7. The first-order valence-electron chi connectivity index (χ1n) is 23.1. The van der Waals surface area contributed by atoms with E-state index in [9.17, 15) is 0 Å². The summed E-state index contributed by atoms with van der Waals surface area (Å²) in [5, 5.41) is 4.05. The van der Waals surface area contributed by atoms with Gasteiger partial charge >= 0.3 is 20.1 Å². The molecule has 0 spiro atoms. The molecule has 0 amide bonds. The third kappa shape index (κ3) is 7.86. The molecule has 69 heavy (non-hydrogen) atoms. The molecule has 0 atom stereocenters. The smallest absolute Gasteiger partial charge is 0.456 e. The molecule has 0 N–H and O–H groups in total. The molecule has 0 fully saturated rings. The molecular weight excluding hydrogens is 1020 g/mol. The van der Waals surface area contributed by atoms with E-state index in [1.807, 2.05) is 91.4 Å². The number of furan rings is 1. The zero-order valence-electron chi connectivity index (χ0n) is 37.3. The first kappa shape index (κ1) is 42.3. The molecule has 0 aliphatic rings. The van der Waals surface area contributed by atoms with Crippen LogP contribution in [0.25, 0.3) is 105 Å². The van der Waals surface area contributed by atoms with Crippen LogP contribution in [0, 0.1) is 18.2 Å². The SMILES string of the molecule is [Ir+3].[c-]1ccccc1-c1ccc(CCc2cc(CCc3ccc(-c4[c-]cccc4)nc3)cc(-c3ccccc3-c3cnc4c5[c-]cccc5n5c6cc7oc8ccccc8c7cc6nc5c4c3)c2)cn1. The maximum atomic E-state index is 6.37. The van der Waals surface area contributed by atoms with E-state index in [0.29, 0.717) is 0 Å². The van der Waals surface area contributed by atoms with E-state index in [-0.39, 0.29) is 20.1 Å². The molecule has 13 rings (SSSR count). The van der Waals surface area contributed by atoms with Crippen molar-refractivity contribution < 1.29 is 24.5 Å². The minimum atomic E-state index is 0. The summed E-state index contributed by atoms with van der Waals surface area (Å²) < 4.78 is 8.62. The summed E-state index contributed by atoms with van der Waals surface area (Å²) in [7, 11) is 0. The molecule has 7 heteroatoms. The topological polar surface area (TPSA) is 69.1 Å². The minimum absolute atomic E-state index is 0. The van der Waals surface area contributed by atoms with Crippen molar-refractivity contribution in [2.24, 2.45) is 0 Å². The summed E-state index contributed by atoms with van der Waals surface area (Å²) in [4.78, 5) is 20.2. The number of hydrogen-bond donors (Lipinski definition) is 0.